The second kappa shape index (κ2) is 12.5. The molecule has 1 aromatic carbocycles. The molecule has 5 N–H and O–H groups in total. The number of nitrogens with two attached hydrogens (primary N) is 1. The number of carbonyl (C=O) groups is 2. The summed E-state index contributed by atoms with van der Waals surface area (Å²) in [4.78, 5) is 32.7. The first-order chi connectivity index (χ1) is 19.9. The predicted molar refractivity (Wildman–Crippen MR) is 143 cm³/mol. The van der Waals surface area contributed by atoms with Crippen molar-refractivity contribution in [2.75, 3.05) is 18.4 Å². The molecule has 0 radical (unpaired) electrons. The highest BCUT2D eigenvalue weighted by Gasteiger charge is 2.38. The van der Waals surface area contributed by atoms with Crippen LogP contribution in [0.5, 0.6) is 0 Å². The Balaban J connectivity index is 1.56. The fraction of sp³-hybridized carbons (Fsp3) is 0.346. The Hall–Kier alpha value is -4.60. The fourth-order valence-corrected chi connectivity index (χ4v) is 4.20. The normalized spacial score (nSPS) is 12.5. The lowest BCUT2D eigenvalue weighted by molar-refractivity contribution is -0.141. The van der Waals surface area contributed by atoms with Crippen molar-refractivity contribution in [2.45, 2.75) is 45.5 Å². The van der Waals surface area contributed by atoms with Crippen molar-refractivity contribution in [1.29, 1.82) is 0 Å². The van der Waals surface area contributed by atoms with Crippen LogP contribution in [-0.2, 0) is 23.9 Å². The summed E-state index contributed by atoms with van der Waals surface area (Å²) < 4.78 is 68.7. The summed E-state index contributed by atoms with van der Waals surface area (Å²) >= 11 is 0. The molecular weight excluding hydrogens is 565 g/mol. The zero-order chi connectivity index (χ0) is 30.6. The summed E-state index contributed by atoms with van der Waals surface area (Å²) in [6, 6.07) is 4.33. The molecule has 3 heterocycles. The molecule has 0 aliphatic heterocycles. The van der Waals surface area contributed by atoms with E-state index in [2.05, 4.69) is 31.0 Å². The minimum atomic E-state index is -4.89. The van der Waals surface area contributed by atoms with Gasteiger partial charge in [0.15, 0.2) is 17.2 Å². The number of anilines is 2. The summed E-state index contributed by atoms with van der Waals surface area (Å²) in [6.07, 6.45) is -2.42. The van der Waals surface area contributed by atoms with Gasteiger partial charge in [-0.1, -0.05) is 6.92 Å². The second-order valence-electron chi connectivity index (χ2n) is 9.30. The van der Waals surface area contributed by atoms with Crippen LogP contribution in [0.3, 0.4) is 0 Å². The van der Waals surface area contributed by atoms with Gasteiger partial charge in [0.25, 0.3) is 12.3 Å². The molecule has 3 aromatic heterocycles. The van der Waals surface area contributed by atoms with Crippen LogP contribution in [0, 0.1) is 0 Å². The number of aromatic nitrogens is 5. The van der Waals surface area contributed by atoms with Gasteiger partial charge in [0.1, 0.15) is 6.54 Å². The van der Waals surface area contributed by atoms with Gasteiger partial charge >= 0.3 is 6.18 Å². The molecule has 0 fully saturated rings. The summed E-state index contributed by atoms with van der Waals surface area (Å²) in [6.45, 7) is 2.84. The lowest BCUT2D eigenvalue weighted by Gasteiger charge is -2.13. The molecule has 11 nitrogen and oxygen atoms in total. The Bertz CT molecular complexity index is 1580. The van der Waals surface area contributed by atoms with E-state index in [0.29, 0.717) is 27.9 Å². The van der Waals surface area contributed by atoms with Gasteiger partial charge in [0.2, 0.25) is 5.91 Å². The van der Waals surface area contributed by atoms with E-state index in [-0.39, 0.29) is 42.1 Å². The summed E-state index contributed by atoms with van der Waals surface area (Å²) in [7, 11) is 0. The minimum Gasteiger partial charge on any atom is -0.353 e. The molecule has 0 aliphatic rings. The molecule has 0 aliphatic carbocycles. The number of benzene rings is 1. The first-order valence-electron chi connectivity index (χ1n) is 12.9. The second-order valence-corrected chi connectivity index (χ2v) is 9.30. The van der Waals surface area contributed by atoms with E-state index < -0.39 is 36.4 Å². The van der Waals surface area contributed by atoms with Crippen molar-refractivity contribution in [3.05, 3.63) is 59.8 Å². The Morgan fingerprint density at radius 1 is 1.12 bits per heavy atom. The smallest absolute Gasteiger partial charge is 0.353 e. The molecule has 0 spiro atoms. The SMILES string of the molecule is CCc1cc(Nc2nccn3c(-c4cn(CC(F)F)nc4C(F)(F)F)cnc23)ccc1C(=O)NCCNC(=O)C(C)N. The highest BCUT2D eigenvalue weighted by atomic mass is 19.4. The van der Waals surface area contributed by atoms with E-state index in [1.807, 2.05) is 6.92 Å². The molecule has 1 unspecified atom stereocenters. The first-order valence-corrected chi connectivity index (χ1v) is 12.9. The van der Waals surface area contributed by atoms with E-state index in [1.165, 1.54) is 23.0 Å². The van der Waals surface area contributed by atoms with Crippen molar-refractivity contribution >= 4 is 29.0 Å². The molecule has 16 heteroatoms. The fourth-order valence-electron chi connectivity index (χ4n) is 4.20. The summed E-state index contributed by atoms with van der Waals surface area (Å²) in [5, 5.41) is 11.8. The van der Waals surface area contributed by atoms with Crippen LogP contribution in [0.2, 0.25) is 0 Å². The van der Waals surface area contributed by atoms with Gasteiger partial charge in [0.05, 0.1) is 23.5 Å². The Morgan fingerprint density at radius 2 is 1.86 bits per heavy atom. The number of rotatable bonds is 11. The van der Waals surface area contributed by atoms with Crippen molar-refractivity contribution in [2.24, 2.45) is 5.73 Å². The van der Waals surface area contributed by atoms with E-state index in [0.717, 1.165) is 6.20 Å². The zero-order valence-electron chi connectivity index (χ0n) is 22.5. The quantitative estimate of drug-likeness (QED) is 0.154. The van der Waals surface area contributed by atoms with Crippen LogP contribution in [0.1, 0.15) is 35.5 Å². The predicted octanol–water partition coefficient (Wildman–Crippen LogP) is 3.38. The molecule has 0 saturated heterocycles. The van der Waals surface area contributed by atoms with Crippen LogP contribution in [0.15, 0.2) is 43.0 Å². The van der Waals surface area contributed by atoms with Crippen LogP contribution in [0.4, 0.5) is 33.5 Å². The molecule has 224 valence electrons. The number of imidazole rings is 1. The number of halogens is 5. The number of amides is 2. The monoisotopic (exact) mass is 593 g/mol. The van der Waals surface area contributed by atoms with Gasteiger partial charge < -0.3 is 21.7 Å². The zero-order valence-corrected chi connectivity index (χ0v) is 22.5. The maximum atomic E-state index is 13.7. The molecule has 4 rings (SSSR count). The van der Waals surface area contributed by atoms with Crippen LogP contribution in [-0.4, -0.2) is 61.5 Å². The Morgan fingerprint density at radius 3 is 2.52 bits per heavy atom. The molecule has 2 amide bonds. The summed E-state index contributed by atoms with van der Waals surface area (Å²) in [5.41, 5.74) is 5.60. The average Bonchev–Trinajstić information content (AvgIpc) is 3.55. The van der Waals surface area contributed by atoms with E-state index in [4.69, 9.17) is 5.73 Å². The number of hydrogen-bond donors (Lipinski definition) is 4. The van der Waals surface area contributed by atoms with Crippen molar-refractivity contribution < 1.29 is 31.5 Å². The highest BCUT2D eigenvalue weighted by Crippen LogP contribution is 2.37. The standard InChI is InChI=1S/C26H28F5N9O2/c1-3-15-10-16(4-5-17(15)25(42)35-7-6-34-24(41)14(2)32)37-22-23-36-11-19(40(23)9-8-33-22)18-12-39(13-20(27)28)38-21(18)26(29,30)31/h4-5,8-12,14,20H,3,6-7,13,32H2,1-2H3,(H,33,37)(H,34,41)(H,35,42). The van der Waals surface area contributed by atoms with Gasteiger partial charge in [-0.05, 0) is 37.1 Å². The molecule has 0 bridgehead atoms. The van der Waals surface area contributed by atoms with Gasteiger partial charge in [-0.3, -0.25) is 18.7 Å². The number of nitrogens with zero attached hydrogens (tertiary/aromatic N) is 5. The van der Waals surface area contributed by atoms with E-state index in [1.54, 1.807) is 25.1 Å². The van der Waals surface area contributed by atoms with E-state index >= 15 is 0 Å². The molecule has 4 aromatic rings. The summed E-state index contributed by atoms with van der Waals surface area (Å²) in [5.74, 6) is -0.453. The van der Waals surface area contributed by atoms with Crippen molar-refractivity contribution in [3.63, 3.8) is 0 Å². The number of carbonyl (C=O) groups excluding carboxylic acids is 2. The number of nitrogens with one attached hydrogen (secondary N) is 3. The topological polar surface area (TPSA) is 144 Å². The Kier molecular flexibility index (Phi) is 9.04. The lowest BCUT2D eigenvalue weighted by atomic mass is 10.0. The van der Waals surface area contributed by atoms with Crippen molar-refractivity contribution in [1.82, 2.24) is 34.8 Å². The van der Waals surface area contributed by atoms with Crippen molar-refractivity contribution in [3.8, 4) is 11.3 Å². The van der Waals surface area contributed by atoms with Crippen LogP contribution < -0.4 is 21.7 Å². The molecule has 42 heavy (non-hydrogen) atoms. The molecule has 0 saturated carbocycles. The molecular formula is C26H28F5N9O2. The maximum Gasteiger partial charge on any atom is 0.435 e. The van der Waals surface area contributed by atoms with Gasteiger partial charge in [-0.2, -0.15) is 18.3 Å². The largest absolute Gasteiger partial charge is 0.435 e. The van der Waals surface area contributed by atoms with Crippen LogP contribution in [0.25, 0.3) is 16.9 Å². The number of alkyl halides is 5. The van der Waals surface area contributed by atoms with E-state index in [9.17, 15) is 31.5 Å². The van der Waals surface area contributed by atoms with Gasteiger partial charge in [-0.25, -0.2) is 18.7 Å². The first kappa shape index (κ1) is 30.4. The third kappa shape index (κ3) is 6.82. The van der Waals surface area contributed by atoms with Gasteiger partial charge in [-0.15, -0.1) is 0 Å². The third-order valence-corrected chi connectivity index (χ3v) is 6.18. The highest BCUT2D eigenvalue weighted by molar-refractivity contribution is 5.96. The lowest BCUT2D eigenvalue weighted by Crippen LogP contribution is -2.42. The Labute approximate surface area is 236 Å². The van der Waals surface area contributed by atoms with Crippen LogP contribution >= 0.6 is 0 Å². The molecule has 1 atom stereocenters. The minimum absolute atomic E-state index is 0.0123. The third-order valence-electron chi connectivity index (χ3n) is 6.18. The number of fused-ring (bicyclic) bond motifs is 1. The number of hydrogen-bond acceptors (Lipinski definition) is 7. The average molecular weight is 594 g/mol. The van der Waals surface area contributed by atoms with Gasteiger partial charge in [0, 0.05) is 42.9 Å². The number of aryl methyl sites for hydroxylation is 1. The maximum absolute atomic E-state index is 13.7.